The van der Waals surface area contributed by atoms with E-state index in [0.717, 1.165) is 41.1 Å². The summed E-state index contributed by atoms with van der Waals surface area (Å²) in [7, 11) is 0. The Kier molecular flexibility index (Phi) is 15.5. The number of nitrogens with zero attached hydrogens (tertiary/aromatic N) is 4. The number of benzene rings is 3. The molecular formula is C50H63IrN4-. The molecule has 0 N–H and O–H groups in total. The number of hydrogen-bond acceptors (Lipinski definition) is 4. The number of aromatic nitrogens is 4. The van der Waals surface area contributed by atoms with Gasteiger partial charge in [-0.1, -0.05) is 190 Å². The second-order valence-corrected chi connectivity index (χ2v) is 17.0. The zero-order chi connectivity index (χ0) is 38.0. The van der Waals surface area contributed by atoms with Gasteiger partial charge in [-0.2, -0.15) is 0 Å². The van der Waals surface area contributed by atoms with Crippen LogP contribution >= 0.6 is 0 Å². The summed E-state index contributed by atoms with van der Waals surface area (Å²) in [6, 6.07) is 30.2. The van der Waals surface area contributed by atoms with Crippen LogP contribution in [-0.2, 0) is 38.4 Å². The molecule has 0 spiro atoms. The molecule has 0 bridgehead atoms. The summed E-state index contributed by atoms with van der Waals surface area (Å²) in [4.78, 5) is 19.8. The summed E-state index contributed by atoms with van der Waals surface area (Å²) in [6.07, 6.45) is 22.0. The van der Waals surface area contributed by atoms with Crippen LogP contribution in [0.1, 0.15) is 154 Å². The Labute approximate surface area is 346 Å². The Morgan fingerprint density at radius 2 is 1.24 bits per heavy atom. The van der Waals surface area contributed by atoms with Crippen LogP contribution in [0.4, 0.5) is 0 Å². The molecule has 0 unspecified atom stereocenters. The fourth-order valence-electron chi connectivity index (χ4n) is 8.43. The summed E-state index contributed by atoms with van der Waals surface area (Å²) >= 11 is 0. The molecule has 0 aliphatic heterocycles. The number of unbranched alkanes of at least 4 members (excludes halogenated alkanes) is 10. The number of hydrogen-bond donors (Lipinski definition) is 0. The van der Waals surface area contributed by atoms with E-state index in [4.69, 9.17) is 19.9 Å². The third kappa shape index (κ3) is 10.7. The number of fused-ring (bicyclic) bond motifs is 3. The van der Waals surface area contributed by atoms with Gasteiger partial charge in [0.1, 0.15) is 5.82 Å². The minimum Gasteiger partial charge on any atom is -0.304 e. The van der Waals surface area contributed by atoms with E-state index in [2.05, 4.69) is 102 Å². The molecule has 2 heterocycles. The van der Waals surface area contributed by atoms with E-state index in [9.17, 15) is 0 Å². The van der Waals surface area contributed by atoms with Crippen molar-refractivity contribution < 1.29 is 20.1 Å². The van der Waals surface area contributed by atoms with Crippen LogP contribution in [0.2, 0.25) is 0 Å². The van der Waals surface area contributed by atoms with Gasteiger partial charge in [-0.05, 0) is 41.5 Å². The maximum absolute atomic E-state index is 5.06. The topological polar surface area (TPSA) is 51.6 Å². The predicted octanol–water partition coefficient (Wildman–Crippen LogP) is 14.0. The Bertz CT molecular complexity index is 1930. The van der Waals surface area contributed by atoms with E-state index >= 15 is 0 Å². The van der Waals surface area contributed by atoms with Gasteiger partial charge in [0.2, 0.25) is 0 Å². The van der Waals surface area contributed by atoms with Gasteiger partial charge >= 0.3 is 0 Å². The summed E-state index contributed by atoms with van der Waals surface area (Å²) < 4.78 is 0. The average molecular weight is 912 g/mol. The van der Waals surface area contributed by atoms with Gasteiger partial charge in [0, 0.05) is 49.3 Å². The zero-order valence-corrected chi connectivity index (χ0v) is 36.8. The first kappa shape index (κ1) is 42.6. The molecule has 2 aromatic heterocycles. The number of rotatable bonds is 19. The van der Waals surface area contributed by atoms with Crippen LogP contribution in [-0.4, -0.2) is 19.9 Å². The maximum Gasteiger partial charge on any atom is 0.165 e. The summed E-state index contributed by atoms with van der Waals surface area (Å²) in [6.45, 7) is 13.6. The third-order valence-corrected chi connectivity index (χ3v) is 11.4. The average Bonchev–Trinajstić information content (AvgIpc) is 3.45. The van der Waals surface area contributed by atoms with Crippen molar-refractivity contribution in [1.82, 2.24) is 19.9 Å². The van der Waals surface area contributed by atoms with Crippen LogP contribution in [0.25, 0.3) is 45.2 Å². The quantitative estimate of drug-likeness (QED) is 0.0612. The van der Waals surface area contributed by atoms with E-state index in [0.29, 0.717) is 11.6 Å². The monoisotopic (exact) mass is 912 g/mol. The molecule has 0 saturated carbocycles. The third-order valence-electron chi connectivity index (χ3n) is 11.4. The Balaban J connectivity index is 0.00000580. The standard InChI is InChI=1S/C50H63N4.Ir/c1-7-10-12-14-16-21-31-50(32-22-17-15-13-11-8-2)43-33-37(9-3)25-28-41(43)42-29-26-39(34-44(42)50)45-30-27-40(36-51-45)48-53-46(35-49(4,5)6)52-47(54-48)38-23-19-18-20-24-38;/h18-20,23-25,27-30,33-34,36H,7-17,21-22,31-32,35H2,1-6H3;/q-1;. The molecule has 0 fully saturated rings. The van der Waals surface area contributed by atoms with Gasteiger partial charge in [-0.25, -0.2) is 15.0 Å². The Morgan fingerprint density at radius 3 is 1.84 bits per heavy atom. The van der Waals surface area contributed by atoms with Crippen molar-refractivity contribution in [1.29, 1.82) is 0 Å². The first-order valence-electron chi connectivity index (χ1n) is 21.2. The molecule has 5 heteroatoms. The van der Waals surface area contributed by atoms with Crippen molar-refractivity contribution in [2.24, 2.45) is 5.41 Å². The molecule has 1 aliphatic carbocycles. The van der Waals surface area contributed by atoms with Crippen molar-refractivity contribution >= 4 is 0 Å². The molecule has 4 nitrogen and oxygen atoms in total. The second kappa shape index (κ2) is 20.1. The second-order valence-electron chi connectivity index (χ2n) is 17.0. The van der Waals surface area contributed by atoms with E-state index in [1.165, 1.54) is 112 Å². The molecule has 0 atom stereocenters. The minimum absolute atomic E-state index is 0. The molecule has 6 rings (SSSR count). The summed E-state index contributed by atoms with van der Waals surface area (Å²) in [5.74, 6) is 2.17. The molecule has 1 radical (unpaired) electrons. The predicted molar refractivity (Wildman–Crippen MR) is 228 cm³/mol. The van der Waals surface area contributed by atoms with E-state index in [1.807, 2.05) is 24.4 Å². The fraction of sp³-hybridized carbons (Fsp3) is 0.480. The fourth-order valence-corrected chi connectivity index (χ4v) is 8.43. The molecule has 3 aromatic carbocycles. The molecule has 5 aromatic rings. The number of pyridine rings is 1. The van der Waals surface area contributed by atoms with Crippen LogP contribution in [0, 0.1) is 11.5 Å². The van der Waals surface area contributed by atoms with Crippen molar-refractivity contribution in [2.45, 2.75) is 150 Å². The minimum atomic E-state index is 0. The van der Waals surface area contributed by atoms with Crippen molar-refractivity contribution in [3.05, 3.63) is 108 Å². The molecule has 0 saturated heterocycles. The van der Waals surface area contributed by atoms with Crippen LogP contribution in [0.3, 0.4) is 0 Å². The number of aryl methyl sites for hydroxylation is 1. The van der Waals surface area contributed by atoms with Crippen LogP contribution in [0.5, 0.6) is 0 Å². The van der Waals surface area contributed by atoms with E-state index in [1.54, 1.807) is 5.56 Å². The van der Waals surface area contributed by atoms with Crippen LogP contribution < -0.4 is 0 Å². The normalized spacial score (nSPS) is 13.0. The SMILES string of the molecule is CCCCCCCCC1(CCCCCCCC)c2cc(-c3ccc(-c4nc(CC(C)(C)C)nc(-c5ccccc5)n4)cn3)[c-]cc2-c2ccc(CC)cc21.[Ir]. The van der Waals surface area contributed by atoms with Gasteiger partial charge in [0.05, 0.1) is 0 Å². The van der Waals surface area contributed by atoms with Gasteiger partial charge < -0.3 is 4.98 Å². The Hall–Kier alpha value is -3.53. The molecular weight excluding hydrogens is 849 g/mol. The molecule has 55 heavy (non-hydrogen) atoms. The summed E-state index contributed by atoms with van der Waals surface area (Å²) in [5.41, 5.74) is 11.2. The molecule has 1 aliphatic rings. The first-order chi connectivity index (χ1) is 26.2. The van der Waals surface area contributed by atoms with Gasteiger partial charge in [-0.3, -0.25) is 0 Å². The Morgan fingerprint density at radius 1 is 0.618 bits per heavy atom. The maximum atomic E-state index is 5.06. The summed E-state index contributed by atoms with van der Waals surface area (Å²) in [5, 5.41) is 0. The van der Waals surface area contributed by atoms with E-state index < -0.39 is 0 Å². The first-order valence-corrected chi connectivity index (χ1v) is 21.2. The van der Waals surface area contributed by atoms with Crippen LogP contribution in [0.15, 0.2) is 79.0 Å². The van der Waals surface area contributed by atoms with Gasteiger partial charge in [0.15, 0.2) is 11.6 Å². The van der Waals surface area contributed by atoms with Crippen molar-refractivity contribution in [3.8, 4) is 45.2 Å². The largest absolute Gasteiger partial charge is 0.304 e. The van der Waals surface area contributed by atoms with Gasteiger partial charge in [-0.15, -0.1) is 29.3 Å². The molecule has 0 amide bonds. The van der Waals surface area contributed by atoms with Crippen molar-refractivity contribution in [3.63, 3.8) is 0 Å². The van der Waals surface area contributed by atoms with Gasteiger partial charge in [0.25, 0.3) is 0 Å². The van der Waals surface area contributed by atoms with E-state index in [-0.39, 0.29) is 30.9 Å². The van der Waals surface area contributed by atoms with Crippen molar-refractivity contribution in [2.75, 3.05) is 0 Å². The zero-order valence-electron chi connectivity index (χ0n) is 34.4. The molecule has 293 valence electrons. The smallest absolute Gasteiger partial charge is 0.165 e.